The molecule has 0 aromatic carbocycles. The third-order valence-electron chi connectivity index (χ3n) is 2.95. The first-order chi connectivity index (χ1) is 8.15. The van der Waals surface area contributed by atoms with Crippen LogP contribution in [0.25, 0.3) is 0 Å². The molecule has 0 bridgehead atoms. The summed E-state index contributed by atoms with van der Waals surface area (Å²) in [7, 11) is 0. The number of carbonyl (C=O) groups excluding carboxylic acids is 2. The fourth-order valence-electron chi connectivity index (χ4n) is 2.02. The molecule has 2 aliphatic heterocycles. The van der Waals surface area contributed by atoms with E-state index in [1.165, 1.54) is 4.90 Å². The van der Waals surface area contributed by atoms with Crippen LogP contribution in [0.1, 0.15) is 13.3 Å². The van der Waals surface area contributed by atoms with Gasteiger partial charge in [0.2, 0.25) is 0 Å². The summed E-state index contributed by atoms with van der Waals surface area (Å²) in [6.45, 7) is 3.06. The highest BCUT2D eigenvalue weighted by atomic mass is 16.5. The lowest BCUT2D eigenvalue weighted by Crippen LogP contribution is -2.38. The summed E-state index contributed by atoms with van der Waals surface area (Å²) >= 11 is 0. The van der Waals surface area contributed by atoms with Crippen molar-refractivity contribution in [2.45, 2.75) is 19.4 Å². The van der Waals surface area contributed by atoms with E-state index < -0.39 is 17.6 Å². The van der Waals surface area contributed by atoms with E-state index in [2.05, 4.69) is 0 Å². The summed E-state index contributed by atoms with van der Waals surface area (Å²) in [6, 6.07) is -0.0587. The van der Waals surface area contributed by atoms with Crippen LogP contribution in [0, 0.1) is 0 Å². The van der Waals surface area contributed by atoms with Gasteiger partial charge in [0, 0.05) is 6.61 Å². The summed E-state index contributed by atoms with van der Waals surface area (Å²) in [5.74, 6) is -1.63. The molecule has 0 aliphatic carbocycles. The van der Waals surface area contributed by atoms with E-state index in [-0.39, 0.29) is 24.8 Å². The van der Waals surface area contributed by atoms with Crippen molar-refractivity contribution in [1.82, 2.24) is 4.90 Å². The van der Waals surface area contributed by atoms with Gasteiger partial charge in [-0.25, -0.2) is 4.79 Å². The molecular weight excluding hydrogens is 226 g/mol. The number of aliphatic hydroxyl groups is 1. The molecule has 0 unspecified atom stereocenters. The second kappa shape index (κ2) is 4.75. The van der Waals surface area contributed by atoms with Gasteiger partial charge in [-0.1, -0.05) is 0 Å². The molecule has 6 heteroatoms. The molecule has 1 amide bonds. The van der Waals surface area contributed by atoms with Crippen LogP contribution in [0.4, 0.5) is 0 Å². The molecule has 1 atom stereocenters. The van der Waals surface area contributed by atoms with Crippen LogP contribution in [0.5, 0.6) is 0 Å². The molecule has 0 radical (unpaired) electrons. The number of carbonyl (C=O) groups is 2. The number of rotatable bonds is 3. The van der Waals surface area contributed by atoms with E-state index in [1.807, 2.05) is 0 Å². The minimum atomic E-state index is -0.625. The fraction of sp³-hybridized carbons (Fsp3) is 0.636. The molecule has 2 rings (SSSR count). The van der Waals surface area contributed by atoms with Crippen molar-refractivity contribution in [3.8, 4) is 0 Å². The van der Waals surface area contributed by atoms with Crippen molar-refractivity contribution in [1.29, 1.82) is 0 Å². The lowest BCUT2D eigenvalue weighted by molar-refractivity contribution is -0.138. The zero-order valence-corrected chi connectivity index (χ0v) is 9.64. The van der Waals surface area contributed by atoms with Crippen molar-refractivity contribution in [3.63, 3.8) is 0 Å². The van der Waals surface area contributed by atoms with Gasteiger partial charge in [-0.05, 0) is 13.3 Å². The van der Waals surface area contributed by atoms with E-state index in [0.29, 0.717) is 13.2 Å². The van der Waals surface area contributed by atoms with Crippen molar-refractivity contribution in [2.75, 3.05) is 26.4 Å². The first-order valence-corrected chi connectivity index (χ1v) is 5.63. The number of hydrogen-bond acceptors (Lipinski definition) is 5. The van der Waals surface area contributed by atoms with Crippen molar-refractivity contribution < 1.29 is 24.2 Å². The van der Waals surface area contributed by atoms with Crippen molar-refractivity contribution >= 4 is 11.9 Å². The molecule has 17 heavy (non-hydrogen) atoms. The molecule has 0 spiro atoms. The standard InChI is InChI=1S/C11H15NO5/c1-2-17-11(15)8-5-12(10(14)9(8)13)7-3-4-16-6-7/h7,13H,2-6H2,1H3/t7-/m1/s1. The van der Waals surface area contributed by atoms with Crippen molar-refractivity contribution in [3.05, 3.63) is 11.3 Å². The molecular formula is C11H15NO5. The van der Waals surface area contributed by atoms with Gasteiger partial charge in [-0.15, -0.1) is 0 Å². The number of amides is 1. The number of hydrogen-bond donors (Lipinski definition) is 1. The van der Waals surface area contributed by atoms with Crippen LogP contribution < -0.4 is 0 Å². The smallest absolute Gasteiger partial charge is 0.339 e. The fourth-order valence-corrected chi connectivity index (χ4v) is 2.02. The summed E-state index contributed by atoms with van der Waals surface area (Å²) in [5, 5.41) is 9.63. The maximum absolute atomic E-state index is 11.8. The maximum atomic E-state index is 11.8. The Morgan fingerprint density at radius 1 is 1.65 bits per heavy atom. The Balaban J connectivity index is 2.09. The molecule has 1 fully saturated rings. The highest BCUT2D eigenvalue weighted by Gasteiger charge is 2.39. The van der Waals surface area contributed by atoms with E-state index in [1.54, 1.807) is 6.92 Å². The molecule has 94 valence electrons. The Kier molecular flexibility index (Phi) is 3.33. The first kappa shape index (κ1) is 11.9. The second-order valence-corrected chi connectivity index (χ2v) is 4.00. The van der Waals surface area contributed by atoms with E-state index >= 15 is 0 Å². The lowest BCUT2D eigenvalue weighted by atomic mass is 10.2. The van der Waals surface area contributed by atoms with Crippen LogP contribution in [-0.4, -0.2) is 54.3 Å². The molecule has 2 heterocycles. The van der Waals surface area contributed by atoms with Gasteiger partial charge in [0.1, 0.15) is 5.57 Å². The largest absolute Gasteiger partial charge is 0.503 e. The van der Waals surface area contributed by atoms with Crippen LogP contribution in [0.3, 0.4) is 0 Å². The SMILES string of the molecule is CCOC(=O)C1=C(O)C(=O)N([C@@H]2CCOC2)C1. The quantitative estimate of drug-likeness (QED) is 0.703. The maximum Gasteiger partial charge on any atom is 0.339 e. The summed E-state index contributed by atoms with van der Waals surface area (Å²) in [6.07, 6.45) is 0.731. The molecule has 6 nitrogen and oxygen atoms in total. The van der Waals surface area contributed by atoms with E-state index in [9.17, 15) is 14.7 Å². The van der Waals surface area contributed by atoms with E-state index in [0.717, 1.165) is 6.42 Å². The highest BCUT2D eigenvalue weighted by Crippen LogP contribution is 2.24. The van der Waals surface area contributed by atoms with Gasteiger partial charge in [0.15, 0.2) is 5.76 Å². The lowest BCUT2D eigenvalue weighted by Gasteiger charge is -2.22. The summed E-state index contributed by atoms with van der Waals surface area (Å²) < 4.78 is 9.97. The Labute approximate surface area is 98.8 Å². The zero-order chi connectivity index (χ0) is 12.4. The summed E-state index contributed by atoms with van der Waals surface area (Å²) in [4.78, 5) is 24.7. The van der Waals surface area contributed by atoms with Crippen LogP contribution in [-0.2, 0) is 19.1 Å². The van der Waals surface area contributed by atoms with Gasteiger partial charge >= 0.3 is 5.97 Å². The van der Waals surface area contributed by atoms with Gasteiger partial charge < -0.3 is 19.5 Å². The minimum Gasteiger partial charge on any atom is -0.503 e. The predicted molar refractivity (Wildman–Crippen MR) is 57.2 cm³/mol. The number of ether oxygens (including phenoxy) is 2. The third-order valence-corrected chi connectivity index (χ3v) is 2.95. The van der Waals surface area contributed by atoms with Crippen LogP contribution in [0.15, 0.2) is 11.3 Å². The molecule has 0 aromatic heterocycles. The van der Waals surface area contributed by atoms with Gasteiger partial charge in [-0.3, -0.25) is 4.79 Å². The highest BCUT2D eigenvalue weighted by molar-refractivity contribution is 6.05. The Morgan fingerprint density at radius 3 is 3.00 bits per heavy atom. The van der Waals surface area contributed by atoms with Gasteiger partial charge in [-0.2, -0.15) is 0 Å². The van der Waals surface area contributed by atoms with Crippen LogP contribution in [0.2, 0.25) is 0 Å². The normalized spacial score (nSPS) is 24.6. The summed E-state index contributed by atoms with van der Waals surface area (Å²) in [5.41, 5.74) is 0.0451. The second-order valence-electron chi connectivity index (χ2n) is 4.00. The Bertz CT molecular complexity index is 370. The molecule has 0 aromatic rings. The average molecular weight is 241 g/mol. The Morgan fingerprint density at radius 2 is 2.41 bits per heavy atom. The first-order valence-electron chi connectivity index (χ1n) is 5.63. The number of esters is 1. The van der Waals surface area contributed by atoms with Gasteiger partial charge in [0.25, 0.3) is 5.91 Å². The van der Waals surface area contributed by atoms with Crippen molar-refractivity contribution in [2.24, 2.45) is 0 Å². The zero-order valence-electron chi connectivity index (χ0n) is 9.64. The van der Waals surface area contributed by atoms with Gasteiger partial charge in [0.05, 0.1) is 25.8 Å². The Hall–Kier alpha value is -1.56. The van der Waals surface area contributed by atoms with Crippen LogP contribution >= 0.6 is 0 Å². The third kappa shape index (κ3) is 2.12. The minimum absolute atomic E-state index is 0.0451. The molecule has 0 saturated carbocycles. The number of aliphatic hydroxyl groups excluding tert-OH is 1. The molecule has 1 N–H and O–H groups in total. The number of nitrogens with zero attached hydrogens (tertiary/aromatic N) is 1. The van der Waals surface area contributed by atoms with E-state index in [4.69, 9.17) is 9.47 Å². The predicted octanol–water partition coefficient (Wildman–Crippen LogP) is -0.00730. The average Bonchev–Trinajstić information content (AvgIpc) is 2.90. The molecule has 2 aliphatic rings. The monoisotopic (exact) mass is 241 g/mol. The molecule has 1 saturated heterocycles. The topological polar surface area (TPSA) is 76.1 Å².